The van der Waals surface area contributed by atoms with E-state index in [1.807, 2.05) is 39.0 Å². The molecule has 4 nitrogen and oxygen atoms in total. The quantitative estimate of drug-likeness (QED) is 0.861. The molecular weight excluding hydrogens is 278 g/mol. The number of amides is 1. The first-order chi connectivity index (χ1) is 10.3. The van der Waals surface area contributed by atoms with Gasteiger partial charge in [0.15, 0.2) is 0 Å². The Balaban J connectivity index is 1.96. The van der Waals surface area contributed by atoms with Crippen molar-refractivity contribution in [3.8, 4) is 0 Å². The number of carbonyl (C=O) groups excluding carboxylic acids is 1. The summed E-state index contributed by atoms with van der Waals surface area (Å²) < 4.78 is 5.52. The molecule has 1 aromatic heterocycles. The number of nitrogens with one attached hydrogen (secondary N) is 1. The van der Waals surface area contributed by atoms with E-state index in [9.17, 15) is 9.90 Å². The molecule has 0 aliphatic rings. The van der Waals surface area contributed by atoms with Crippen LogP contribution in [-0.2, 0) is 11.2 Å². The number of rotatable bonds is 6. The first kappa shape index (κ1) is 16.6. The summed E-state index contributed by atoms with van der Waals surface area (Å²) in [5.74, 6) is -0.0260. The number of fused-ring (bicyclic) bond motifs is 1. The normalized spacial score (nSPS) is 13.3. The molecule has 2 N–H and O–H groups in total. The van der Waals surface area contributed by atoms with Gasteiger partial charge in [-0.25, -0.2) is 0 Å². The van der Waals surface area contributed by atoms with Crippen LogP contribution in [0, 0.1) is 12.3 Å². The summed E-state index contributed by atoms with van der Waals surface area (Å²) in [6, 6.07) is 5.99. The molecule has 0 spiro atoms. The predicted molar refractivity (Wildman–Crippen MR) is 87.7 cm³/mol. The topological polar surface area (TPSA) is 62.5 Å². The Morgan fingerprint density at radius 1 is 1.41 bits per heavy atom. The van der Waals surface area contributed by atoms with Gasteiger partial charge in [-0.3, -0.25) is 4.79 Å². The van der Waals surface area contributed by atoms with Crippen LogP contribution in [0.2, 0.25) is 0 Å². The second-order valence-corrected chi connectivity index (χ2v) is 6.93. The second kappa shape index (κ2) is 6.53. The summed E-state index contributed by atoms with van der Waals surface area (Å²) in [4.78, 5) is 12.1. The van der Waals surface area contributed by atoms with E-state index in [1.165, 1.54) is 0 Å². The van der Waals surface area contributed by atoms with Gasteiger partial charge in [-0.05, 0) is 37.3 Å². The monoisotopic (exact) mass is 303 g/mol. The minimum absolute atomic E-state index is 0.0260. The van der Waals surface area contributed by atoms with E-state index in [0.717, 1.165) is 22.1 Å². The first-order valence-electron chi connectivity index (χ1n) is 7.68. The number of hydrogen-bond donors (Lipinski definition) is 2. The smallest absolute Gasteiger partial charge is 0.224 e. The maximum atomic E-state index is 12.1. The molecule has 22 heavy (non-hydrogen) atoms. The lowest BCUT2D eigenvalue weighted by Crippen LogP contribution is -2.36. The van der Waals surface area contributed by atoms with Crippen molar-refractivity contribution in [3.63, 3.8) is 0 Å². The summed E-state index contributed by atoms with van der Waals surface area (Å²) in [5, 5.41) is 13.4. The van der Waals surface area contributed by atoms with E-state index in [1.54, 1.807) is 13.2 Å². The number of furan rings is 1. The Morgan fingerprint density at radius 3 is 2.82 bits per heavy atom. The molecule has 120 valence electrons. The Morgan fingerprint density at radius 2 is 2.14 bits per heavy atom. The highest BCUT2D eigenvalue weighted by Crippen LogP contribution is 2.23. The van der Waals surface area contributed by atoms with Crippen molar-refractivity contribution >= 4 is 16.9 Å². The van der Waals surface area contributed by atoms with Crippen molar-refractivity contribution in [2.24, 2.45) is 5.41 Å². The fraction of sp³-hybridized carbons (Fsp3) is 0.500. The van der Waals surface area contributed by atoms with Gasteiger partial charge in [0.1, 0.15) is 5.58 Å². The Labute approximate surface area is 131 Å². The molecule has 2 aromatic rings. The maximum Gasteiger partial charge on any atom is 0.224 e. The van der Waals surface area contributed by atoms with Gasteiger partial charge in [-0.15, -0.1) is 0 Å². The zero-order valence-corrected chi connectivity index (χ0v) is 13.8. The highest BCUT2D eigenvalue weighted by atomic mass is 16.3. The standard InChI is InChI=1S/C18H25NO3/c1-12-5-6-15-14(10-22-16(15)7-12)8-17(21)19-11-18(3,4)9-13(2)20/h5-7,10,13,20H,8-9,11H2,1-4H3,(H,19,21). The lowest BCUT2D eigenvalue weighted by molar-refractivity contribution is -0.121. The summed E-state index contributed by atoms with van der Waals surface area (Å²) >= 11 is 0. The fourth-order valence-electron chi connectivity index (χ4n) is 2.77. The highest BCUT2D eigenvalue weighted by molar-refractivity contribution is 5.87. The van der Waals surface area contributed by atoms with Crippen LogP contribution < -0.4 is 5.32 Å². The van der Waals surface area contributed by atoms with E-state index in [4.69, 9.17) is 4.42 Å². The fourth-order valence-corrected chi connectivity index (χ4v) is 2.77. The van der Waals surface area contributed by atoms with Crippen molar-refractivity contribution in [2.45, 2.75) is 46.6 Å². The van der Waals surface area contributed by atoms with Crippen molar-refractivity contribution < 1.29 is 14.3 Å². The van der Waals surface area contributed by atoms with Crippen molar-refractivity contribution in [1.29, 1.82) is 0 Å². The summed E-state index contributed by atoms with van der Waals surface area (Å²) in [6.07, 6.45) is 2.25. The van der Waals surface area contributed by atoms with Crippen molar-refractivity contribution in [3.05, 3.63) is 35.6 Å². The molecule has 1 unspecified atom stereocenters. The molecule has 0 saturated heterocycles. The molecule has 1 aromatic carbocycles. The van der Waals surface area contributed by atoms with Crippen LogP contribution in [0.4, 0.5) is 0 Å². The van der Waals surface area contributed by atoms with Crippen LogP contribution in [-0.4, -0.2) is 23.7 Å². The average Bonchev–Trinajstić information content (AvgIpc) is 2.77. The summed E-state index contributed by atoms with van der Waals surface area (Å²) in [7, 11) is 0. The number of benzene rings is 1. The second-order valence-electron chi connectivity index (χ2n) is 6.93. The predicted octanol–water partition coefficient (Wildman–Crippen LogP) is 3.20. The molecular formula is C18H25NO3. The number of carbonyl (C=O) groups is 1. The molecule has 1 heterocycles. The third-order valence-corrected chi connectivity index (χ3v) is 3.77. The number of hydrogen-bond acceptors (Lipinski definition) is 3. The number of aliphatic hydroxyl groups excluding tert-OH is 1. The van der Waals surface area contributed by atoms with E-state index < -0.39 is 0 Å². The lowest BCUT2D eigenvalue weighted by atomic mass is 9.87. The molecule has 0 aliphatic heterocycles. The van der Waals surface area contributed by atoms with E-state index in [-0.39, 0.29) is 17.4 Å². The van der Waals surface area contributed by atoms with E-state index >= 15 is 0 Å². The number of aryl methyl sites for hydroxylation is 1. The van der Waals surface area contributed by atoms with Crippen LogP contribution in [0.15, 0.2) is 28.9 Å². The first-order valence-corrected chi connectivity index (χ1v) is 7.68. The molecule has 1 amide bonds. The zero-order valence-electron chi connectivity index (χ0n) is 13.8. The van der Waals surface area contributed by atoms with Crippen LogP contribution in [0.5, 0.6) is 0 Å². The van der Waals surface area contributed by atoms with Gasteiger partial charge in [-0.2, -0.15) is 0 Å². The number of aliphatic hydroxyl groups is 1. The van der Waals surface area contributed by atoms with Crippen LogP contribution in [0.25, 0.3) is 11.0 Å². The maximum absolute atomic E-state index is 12.1. The van der Waals surface area contributed by atoms with Gasteiger partial charge in [0.25, 0.3) is 0 Å². The molecule has 0 fully saturated rings. The molecule has 0 saturated carbocycles. The zero-order chi connectivity index (χ0) is 16.3. The van der Waals surface area contributed by atoms with Crippen LogP contribution in [0.1, 0.15) is 38.3 Å². The minimum atomic E-state index is -0.368. The van der Waals surface area contributed by atoms with Gasteiger partial charge in [0.05, 0.1) is 18.8 Å². The van der Waals surface area contributed by atoms with Crippen LogP contribution in [0.3, 0.4) is 0 Å². The summed E-state index contributed by atoms with van der Waals surface area (Å²) in [5.41, 5.74) is 2.73. The SMILES string of the molecule is Cc1ccc2c(CC(=O)NCC(C)(C)CC(C)O)coc2c1. The molecule has 0 radical (unpaired) electrons. The molecule has 2 rings (SSSR count). The van der Waals surface area contributed by atoms with Gasteiger partial charge in [-0.1, -0.05) is 26.0 Å². The Bertz CT molecular complexity index is 655. The van der Waals surface area contributed by atoms with Gasteiger partial charge < -0.3 is 14.8 Å². The largest absolute Gasteiger partial charge is 0.464 e. The molecule has 0 aliphatic carbocycles. The van der Waals surface area contributed by atoms with Gasteiger partial charge in [0, 0.05) is 17.5 Å². The Hall–Kier alpha value is -1.81. The lowest BCUT2D eigenvalue weighted by Gasteiger charge is -2.26. The van der Waals surface area contributed by atoms with Crippen LogP contribution >= 0.6 is 0 Å². The molecule has 4 heteroatoms. The summed E-state index contributed by atoms with van der Waals surface area (Å²) in [6.45, 7) is 8.40. The van der Waals surface area contributed by atoms with E-state index in [0.29, 0.717) is 19.4 Å². The third-order valence-electron chi connectivity index (χ3n) is 3.77. The molecule has 0 bridgehead atoms. The average molecular weight is 303 g/mol. The Kier molecular flexibility index (Phi) is 4.91. The van der Waals surface area contributed by atoms with Crippen molar-refractivity contribution in [2.75, 3.05) is 6.54 Å². The molecule has 1 atom stereocenters. The van der Waals surface area contributed by atoms with Crippen molar-refractivity contribution in [1.82, 2.24) is 5.32 Å². The van der Waals surface area contributed by atoms with Gasteiger partial charge >= 0.3 is 0 Å². The third kappa shape index (κ3) is 4.34. The highest BCUT2D eigenvalue weighted by Gasteiger charge is 2.21. The minimum Gasteiger partial charge on any atom is -0.464 e. The van der Waals surface area contributed by atoms with Gasteiger partial charge in [0.2, 0.25) is 5.91 Å². The van der Waals surface area contributed by atoms with E-state index in [2.05, 4.69) is 5.32 Å².